The van der Waals surface area contributed by atoms with E-state index in [0.717, 1.165) is 18.4 Å². The van der Waals surface area contributed by atoms with Gasteiger partial charge in [0.05, 0.1) is 13.1 Å². The van der Waals surface area contributed by atoms with Crippen LogP contribution in [-0.2, 0) is 9.53 Å². The van der Waals surface area contributed by atoms with Crippen LogP contribution in [0.5, 0.6) is 0 Å². The van der Waals surface area contributed by atoms with Crippen molar-refractivity contribution in [1.29, 1.82) is 0 Å². The Morgan fingerprint density at radius 1 is 1.25 bits per heavy atom. The number of carbonyl (C=O) groups excluding carboxylic acids is 3. The molecule has 2 aliphatic rings. The van der Waals surface area contributed by atoms with Crippen LogP contribution in [0.2, 0.25) is 0 Å². The molecule has 1 unspecified atom stereocenters. The SMILES string of the molecule is Cc1ccccc1C(=O)CCC(=O)NCC1CN(C2CC2)C(=O)O1. The molecule has 1 aliphatic heterocycles. The molecule has 1 aromatic carbocycles. The number of hydrogen-bond donors (Lipinski definition) is 1. The van der Waals surface area contributed by atoms with Crippen LogP contribution < -0.4 is 5.32 Å². The van der Waals surface area contributed by atoms with E-state index in [9.17, 15) is 14.4 Å². The minimum absolute atomic E-state index is 0.0320. The van der Waals surface area contributed by atoms with Crippen LogP contribution in [0.3, 0.4) is 0 Å². The number of ketones is 1. The van der Waals surface area contributed by atoms with Gasteiger partial charge in [0, 0.05) is 24.4 Å². The van der Waals surface area contributed by atoms with Crippen LogP contribution >= 0.6 is 0 Å². The highest BCUT2D eigenvalue weighted by atomic mass is 16.6. The lowest BCUT2D eigenvalue weighted by molar-refractivity contribution is -0.121. The number of carbonyl (C=O) groups is 3. The van der Waals surface area contributed by atoms with Crippen LogP contribution in [0.1, 0.15) is 41.6 Å². The van der Waals surface area contributed by atoms with Crippen molar-refractivity contribution in [3.63, 3.8) is 0 Å². The molecular formula is C18H22N2O4. The van der Waals surface area contributed by atoms with Crippen LogP contribution in [-0.4, -0.2) is 47.9 Å². The highest BCUT2D eigenvalue weighted by Gasteiger charge is 2.40. The summed E-state index contributed by atoms with van der Waals surface area (Å²) in [5.41, 5.74) is 1.58. The predicted octanol–water partition coefficient (Wildman–Crippen LogP) is 2.06. The van der Waals surface area contributed by atoms with Crippen LogP contribution in [0.15, 0.2) is 24.3 Å². The van der Waals surface area contributed by atoms with Crippen LogP contribution in [0.4, 0.5) is 4.79 Å². The molecule has 1 atom stereocenters. The molecule has 1 N–H and O–H groups in total. The second-order valence-corrected chi connectivity index (χ2v) is 6.43. The molecule has 2 amide bonds. The number of hydrogen-bond acceptors (Lipinski definition) is 4. The number of ether oxygens (including phenoxy) is 1. The average molecular weight is 330 g/mol. The summed E-state index contributed by atoms with van der Waals surface area (Å²) < 4.78 is 5.24. The fraction of sp³-hybridized carbons (Fsp3) is 0.500. The fourth-order valence-corrected chi connectivity index (χ4v) is 2.90. The summed E-state index contributed by atoms with van der Waals surface area (Å²) in [7, 11) is 0. The summed E-state index contributed by atoms with van der Waals surface area (Å²) >= 11 is 0. The zero-order chi connectivity index (χ0) is 17.1. The lowest BCUT2D eigenvalue weighted by Gasteiger charge is -2.11. The maximum absolute atomic E-state index is 12.1. The Kier molecular flexibility index (Phi) is 4.83. The van der Waals surface area contributed by atoms with Crippen LogP contribution in [0, 0.1) is 6.92 Å². The quantitative estimate of drug-likeness (QED) is 0.777. The summed E-state index contributed by atoms with van der Waals surface area (Å²) in [6, 6.07) is 7.69. The van der Waals surface area contributed by atoms with E-state index in [2.05, 4.69) is 5.32 Å². The first-order valence-electron chi connectivity index (χ1n) is 8.37. The molecule has 6 nitrogen and oxygen atoms in total. The number of nitrogens with zero attached hydrogens (tertiary/aromatic N) is 1. The Hall–Kier alpha value is -2.37. The lowest BCUT2D eigenvalue weighted by Crippen LogP contribution is -2.35. The summed E-state index contributed by atoms with van der Waals surface area (Å²) in [5.74, 6) is -0.228. The minimum Gasteiger partial charge on any atom is -0.442 e. The molecule has 0 bridgehead atoms. The van der Waals surface area contributed by atoms with Crippen molar-refractivity contribution >= 4 is 17.8 Å². The Balaban J connectivity index is 1.39. The van der Waals surface area contributed by atoms with Crippen molar-refractivity contribution < 1.29 is 19.1 Å². The molecule has 0 spiro atoms. The van der Waals surface area contributed by atoms with E-state index in [1.165, 1.54) is 0 Å². The monoisotopic (exact) mass is 330 g/mol. The van der Waals surface area contributed by atoms with E-state index in [1.807, 2.05) is 25.1 Å². The van der Waals surface area contributed by atoms with Gasteiger partial charge in [-0.1, -0.05) is 24.3 Å². The molecule has 2 fully saturated rings. The number of benzene rings is 1. The second kappa shape index (κ2) is 7.03. The van der Waals surface area contributed by atoms with E-state index in [4.69, 9.17) is 4.74 Å². The molecule has 24 heavy (non-hydrogen) atoms. The van der Waals surface area contributed by atoms with Crippen molar-refractivity contribution in [3.05, 3.63) is 35.4 Å². The van der Waals surface area contributed by atoms with E-state index in [-0.39, 0.29) is 36.7 Å². The molecule has 1 aliphatic carbocycles. The van der Waals surface area contributed by atoms with E-state index < -0.39 is 0 Å². The van der Waals surface area contributed by atoms with Crippen molar-refractivity contribution in [1.82, 2.24) is 10.2 Å². The van der Waals surface area contributed by atoms with Gasteiger partial charge >= 0.3 is 6.09 Å². The Bertz CT molecular complexity index is 654. The van der Waals surface area contributed by atoms with Gasteiger partial charge in [-0.15, -0.1) is 0 Å². The topological polar surface area (TPSA) is 75.7 Å². The standard InChI is InChI=1S/C18H22N2O4/c1-12-4-2-3-5-15(12)16(21)8-9-17(22)19-10-14-11-20(13-6-7-13)18(23)24-14/h2-5,13-14H,6-11H2,1H3,(H,19,22). The third kappa shape index (κ3) is 3.93. The lowest BCUT2D eigenvalue weighted by atomic mass is 10.0. The largest absolute Gasteiger partial charge is 0.442 e. The average Bonchev–Trinajstić information content (AvgIpc) is 3.34. The Morgan fingerprint density at radius 3 is 2.71 bits per heavy atom. The van der Waals surface area contributed by atoms with Gasteiger partial charge in [0.2, 0.25) is 5.91 Å². The van der Waals surface area contributed by atoms with Crippen molar-refractivity contribution in [3.8, 4) is 0 Å². The van der Waals surface area contributed by atoms with Crippen molar-refractivity contribution in [2.75, 3.05) is 13.1 Å². The highest BCUT2D eigenvalue weighted by Crippen LogP contribution is 2.30. The smallest absolute Gasteiger partial charge is 0.410 e. The summed E-state index contributed by atoms with van der Waals surface area (Å²) in [4.78, 5) is 37.5. The fourth-order valence-electron chi connectivity index (χ4n) is 2.90. The zero-order valence-electron chi connectivity index (χ0n) is 13.8. The van der Waals surface area contributed by atoms with Gasteiger partial charge in [-0.25, -0.2) is 4.79 Å². The molecule has 1 heterocycles. The van der Waals surface area contributed by atoms with E-state index >= 15 is 0 Å². The third-order valence-corrected chi connectivity index (χ3v) is 4.44. The number of rotatable bonds is 7. The van der Waals surface area contributed by atoms with E-state index in [0.29, 0.717) is 24.7 Å². The predicted molar refractivity (Wildman–Crippen MR) is 87.8 cm³/mol. The molecule has 3 rings (SSSR count). The highest BCUT2D eigenvalue weighted by molar-refractivity contribution is 5.99. The van der Waals surface area contributed by atoms with E-state index in [1.54, 1.807) is 11.0 Å². The molecule has 0 radical (unpaired) electrons. The van der Waals surface area contributed by atoms with Gasteiger partial charge in [0.1, 0.15) is 6.10 Å². The van der Waals surface area contributed by atoms with Gasteiger partial charge in [-0.2, -0.15) is 0 Å². The molecule has 1 saturated carbocycles. The maximum atomic E-state index is 12.1. The minimum atomic E-state index is -0.297. The Labute approximate surface area is 141 Å². The number of aryl methyl sites for hydroxylation is 1. The van der Waals surface area contributed by atoms with Crippen molar-refractivity contribution in [2.45, 2.75) is 44.8 Å². The van der Waals surface area contributed by atoms with Gasteiger partial charge in [-0.3, -0.25) is 9.59 Å². The third-order valence-electron chi connectivity index (χ3n) is 4.44. The normalized spacial score (nSPS) is 20.0. The van der Waals surface area contributed by atoms with Gasteiger partial charge in [-0.05, 0) is 25.3 Å². The molecule has 1 saturated heterocycles. The number of cyclic esters (lactones) is 1. The van der Waals surface area contributed by atoms with Crippen LogP contribution in [0.25, 0.3) is 0 Å². The summed E-state index contributed by atoms with van der Waals surface area (Å²) in [5, 5.41) is 2.75. The Morgan fingerprint density at radius 2 is 2.00 bits per heavy atom. The number of nitrogens with one attached hydrogen (secondary N) is 1. The first-order valence-corrected chi connectivity index (χ1v) is 8.37. The molecule has 128 valence electrons. The summed E-state index contributed by atoms with van der Waals surface area (Å²) in [6.07, 6.45) is 1.81. The van der Waals surface area contributed by atoms with Crippen molar-refractivity contribution in [2.24, 2.45) is 0 Å². The van der Waals surface area contributed by atoms with Gasteiger partial charge in [0.15, 0.2) is 5.78 Å². The first kappa shape index (κ1) is 16.5. The molecule has 1 aromatic rings. The van der Waals surface area contributed by atoms with Gasteiger partial charge < -0.3 is 15.0 Å². The zero-order valence-corrected chi connectivity index (χ0v) is 13.8. The molecular weight excluding hydrogens is 308 g/mol. The number of amides is 2. The molecule has 0 aromatic heterocycles. The molecule has 6 heteroatoms. The second-order valence-electron chi connectivity index (χ2n) is 6.43. The van der Waals surface area contributed by atoms with Gasteiger partial charge in [0.25, 0.3) is 0 Å². The maximum Gasteiger partial charge on any atom is 0.410 e. The summed E-state index contributed by atoms with van der Waals surface area (Å²) in [6.45, 7) is 2.71. The number of Topliss-reactive ketones (excluding diaryl/α,β-unsaturated/α-hetero) is 1. The first-order chi connectivity index (χ1) is 11.5.